The average molecular weight is 539 g/mol. The van der Waals surface area contributed by atoms with Crippen LogP contribution in [0, 0.1) is 0 Å². The van der Waals surface area contributed by atoms with Gasteiger partial charge in [0.2, 0.25) is 0 Å². The van der Waals surface area contributed by atoms with E-state index in [2.05, 4.69) is 15.6 Å². The van der Waals surface area contributed by atoms with Gasteiger partial charge < -0.3 is 20.1 Å². The topological polar surface area (TPSA) is 89.0 Å². The molecule has 0 spiro atoms. The fourth-order valence-electron chi connectivity index (χ4n) is 3.19. The van der Waals surface area contributed by atoms with Crippen LogP contribution in [0.3, 0.4) is 0 Å². The van der Waals surface area contributed by atoms with Gasteiger partial charge in [-0.1, -0.05) is 6.07 Å². The Kier molecular flexibility index (Phi) is 11.1. The maximum Gasteiger partial charge on any atom is 0.191 e. The van der Waals surface area contributed by atoms with Crippen molar-refractivity contribution < 1.29 is 17.9 Å². The number of halogens is 1. The summed E-state index contributed by atoms with van der Waals surface area (Å²) in [5.74, 6) is 2.30. The molecule has 1 aromatic carbocycles. The lowest BCUT2D eigenvalue weighted by Crippen LogP contribution is -2.42. The highest BCUT2D eigenvalue weighted by molar-refractivity contribution is 14.0. The summed E-state index contributed by atoms with van der Waals surface area (Å²) in [6.45, 7) is 2.52. The first-order chi connectivity index (χ1) is 13.3. The van der Waals surface area contributed by atoms with E-state index in [9.17, 15) is 8.42 Å². The zero-order valence-electron chi connectivity index (χ0n) is 17.7. The molecule has 166 valence electrons. The predicted molar refractivity (Wildman–Crippen MR) is 128 cm³/mol. The van der Waals surface area contributed by atoms with Crippen molar-refractivity contribution in [3.8, 4) is 11.5 Å². The highest BCUT2D eigenvalue weighted by Gasteiger charge is 2.18. The van der Waals surface area contributed by atoms with Crippen LogP contribution >= 0.6 is 24.0 Å². The smallest absolute Gasteiger partial charge is 0.191 e. The molecule has 1 fully saturated rings. The van der Waals surface area contributed by atoms with Crippen LogP contribution in [-0.4, -0.2) is 52.7 Å². The number of hydrogen-bond donors (Lipinski definition) is 2. The molecule has 1 saturated carbocycles. The van der Waals surface area contributed by atoms with Gasteiger partial charge in [-0.05, 0) is 56.7 Å². The van der Waals surface area contributed by atoms with Gasteiger partial charge in [0.05, 0.1) is 19.0 Å². The molecule has 0 amide bonds. The molecule has 0 radical (unpaired) electrons. The highest BCUT2D eigenvalue weighted by Crippen LogP contribution is 2.32. The van der Waals surface area contributed by atoms with Crippen LogP contribution in [0.4, 0.5) is 0 Å². The summed E-state index contributed by atoms with van der Waals surface area (Å²) in [5.41, 5.74) is 1.06. The Balaban J connectivity index is 0.00000420. The summed E-state index contributed by atoms with van der Waals surface area (Å²) < 4.78 is 34.2. The Morgan fingerprint density at radius 1 is 1.28 bits per heavy atom. The Hall–Kier alpha value is -1.23. The number of nitrogens with one attached hydrogen (secondary N) is 2. The number of nitrogens with zero attached hydrogens (tertiary/aromatic N) is 1. The van der Waals surface area contributed by atoms with Crippen molar-refractivity contribution in [3.63, 3.8) is 0 Å². The average Bonchev–Trinajstić information content (AvgIpc) is 3.16. The number of sulfone groups is 1. The summed E-state index contributed by atoms with van der Waals surface area (Å²) in [6, 6.07) is 5.92. The van der Waals surface area contributed by atoms with Crippen LogP contribution in [0.2, 0.25) is 0 Å². The molecule has 29 heavy (non-hydrogen) atoms. The fourth-order valence-corrected chi connectivity index (χ4v) is 3.97. The molecule has 0 heterocycles. The number of benzene rings is 1. The second-order valence-corrected chi connectivity index (χ2v) is 9.66. The molecule has 0 bridgehead atoms. The van der Waals surface area contributed by atoms with Gasteiger partial charge >= 0.3 is 0 Å². The van der Waals surface area contributed by atoms with Crippen molar-refractivity contribution >= 4 is 39.8 Å². The van der Waals surface area contributed by atoms with Crippen LogP contribution in [0.15, 0.2) is 23.2 Å². The van der Waals surface area contributed by atoms with Gasteiger partial charge in [-0.25, -0.2) is 8.42 Å². The third-order valence-corrected chi connectivity index (χ3v) is 5.79. The Morgan fingerprint density at radius 2 is 1.97 bits per heavy atom. The van der Waals surface area contributed by atoms with E-state index in [0.717, 1.165) is 29.9 Å². The Labute approximate surface area is 192 Å². The Bertz CT molecular complexity index is 765. The summed E-state index contributed by atoms with van der Waals surface area (Å²) in [5, 5.41) is 6.49. The first-order valence-corrected chi connectivity index (χ1v) is 11.8. The lowest BCUT2D eigenvalue weighted by molar-refractivity contribution is 0.200. The Morgan fingerprint density at radius 3 is 2.55 bits per heavy atom. The van der Waals surface area contributed by atoms with E-state index in [1.54, 1.807) is 14.2 Å². The molecule has 0 saturated heterocycles. The molecular weight excluding hydrogens is 505 g/mol. The molecule has 7 nitrogen and oxygen atoms in total. The van der Waals surface area contributed by atoms with Gasteiger partial charge in [-0.15, -0.1) is 24.0 Å². The monoisotopic (exact) mass is 539 g/mol. The molecule has 0 aromatic heterocycles. The number of rotatable bonds is 9. The number of methoxy groups -OCH3 is 1. The van der Waals surface area contributed by atoms with Crippen LogP contribution in [0.1, 0.15) is 44.6 Å². The molecule has 1 aromatic rings. The third kappa shape index (κ3) is 9.41. The van der Waals surface area contributed by atoms with Gasteiger partial charge in [0.25, 0.3) is 0 Å². The van der Waals surface area contributed by atoms with Crippen molar-refractivity contribution in [2.24, 2.45) is 4.99 Å². The number of ether oxygens (including phenoxy) is 2. The van der Waals surface area contributed by atoms with Crippen LogP contribution in [0.5, 0.6) is 11.5 Å². The van der Waals surface area contributed by atoms with E-state index in [0.29, 0.717) is 18.9 Å². The van der Waals surface area contributed by atoms with Crippen molar-refractivity contribution in [2.45, 2.75) is 57.7 Å². The molecule has 1 atom stereocenters. The second-order valence-electron chi connectivity index (χ2n) is 7.40. The van der Waals surface area contributed by atoms with E-state index >= 15 is 0 Å². The first-order valence-electron chi connectivity index (χ1n) is 9.79. The minimum Gasteiger partial charge on any atom is -0.493 e. The predicted octanol–water partition coefficient (Wildman–Crippen LogP) is 3.12. The van der Waals surface area contributed by atoms with E-state index in [1.165, 1.54) is 19.1 Å². The van der Waals surface area contributed by atoms with E-state index in [4.69, 9.17) is 9.47 Å². The van der Waals surface area contributed by atoms with E-state index in [-0.39, 0.29) is 41.9 Å². The van der Waals surface area contributed by atoms with Crippen molar-refractivity contribution in [2.75, 3.05) is 26.2 Å². The molecule has 1 unspecified atom stereocenters. The third-order valence-electron chi connectivity index (χ3n) is 4.81. The van der Waals surface area contributed by atoms with Gasteiger partial charge in [-0.2, -0.15) is 0 Å². The molecule has 1 aliphatic rings. The quantitative estimate of drug-likeness (QED) is 0.285. The van der Waals surface area contributed by atoms with Crippen molar-refractivity contribution in [1.29, 1.82) is 0 Å². The molecule has 0 aliphatic heterocycles. The minimum atomic E-state index is -2.96. The number of guanidine groups is 1. The molecule has 2 rings (SSSR count). The van der Waals surface area contributed by atoms with E-state index in [1.807, 2.05) is 25.1 Å². The second kappa shape index (κ2) is 12.5. The minimum absolute atomic E-state index is 0. The van der Waals surface area contributed by atoms with Crippen molar-refractivity contribution in [3.05, 3.63) is 23.8 Å². The molecule has 9 heteroatoms. The van der Waals surface area contributed by atoms with Crippen LogP contribution in [0.25, 0.3) is 0 Å². The van der Waals surface area contributed by atoms with Gasteiger partial charge in [0.1, 0.15) is 9.84 Å². The maximum atomic E-state index is 11.3. The fraction of sp³-hybridized carbons (Fsp3) is 0.650. The largest absolute Gasteiger partial charge is 0.493 e. The molecule has 1 aliphatic carbocycles. The SMILES string of the molecule is CN=C(NCc1ccc(OC)c(OC2CCCC2)c1)NC(C)CCS(C)(=O)=O.I. The zero-order valence-corrected chi connectivity index (χ0v) is 20.9. The summed E-state index contributed by atoms with van der Waals surface area (Å²) in [7, 11) is 0.382. The summed E-state index contributed by atoms with van der Waals surface area (Å²) in [4.78, 5) is 4.22. The van der Waals surface area contributed by atoms with Crippen molar-refractivity contribution in [1.82, 2.24) is 10.6 Å². The standard InChI is InChI=1S/C20H33N3O4S.HI/c1-15(11-12-28(4,24)25)23-20(21-2)22-14-16-9-10-18(26-3)19(13-16)27-17-7-5-6-8-17;/h9-10,13,15,17H,5-8,11-12,14H2,1-4H3,(H2,21,22,23);1H. The van der Waals surface area contributed by atoms with E-state index < -0.39 is 9.84 Å². The normalized spacial score (nSPS) is 16.1. The maximum absolute atomic E-state index is 11.3. The van der Waals surface area contributed by atoms with Gasteiger partial charge in [0.15, 0.2) is 17.5 Å². The molecular formula is C20H34IN3O4S. The number of hydrogen-bond acceptors (Lipinski definition) is 5. The van der Waals surface area contributed by atoms with Crippen LogP contribution < -0.4 is 20.1 Å². The lowest BCUT2D eigenvalue weighted by Gasteiger charge is -2.19. The van der Waals surface area contributed by atoms with Crippen LogP contribution in [-0.2, 0) is 16.4 Å². The van der Waals surface area contributed by atoms with Gasteiger partial charge in [0, 0.05) is 25.9 Å². The summed E-state index contributed by atoms with van der Waals surface area (Å²) >= 11 is 0. The van der Waals surface area contributed by atoms with Gasteiger partial charge in [-0.3, -0.25) is 4.99 Å². The molecule has 2 N–H and O–H groups in total. The zero-order chi connectivity index (χ0) is 20.6. The lowest BCUT2D eigenvalue weighted by atomic mass is 10.2. The summed E-state index contributed by atoms with van der Waals surface area (Å²) in [6.07, 6.45) is 6.66. The highest BCUT2D eigenvalue weighted by atomic mass is 127. The number of aliphatic imine (C=N–C) groups is 1. The first kappa shape index (κ1) is 25.8.